The van der Waals surface area contributed by atoms with Crippen molar-refractivity contribution in [2.24, 2.45) is 0 Å². The van der Waals surface area contributed by atoms with Crippen LogP contribution in [0.1, 0.15) is 6.42 Å². The number of sulfone groups is 1. The average Bonchev–Trinajstić information content (AvgIpc) is 3.00. The summed E-state index contributed by atoms with van der Waals surface area (Å²) in [6, 6.07) is 9.83. The molecule has 1 fully saturated rings. The second-order valence-corrected chi connectivity index (χ2v) is 7.02. The molecule has 1 aromatic carbocycles. The van der Waals surface area contributed by atoms with Crippen molar-refractivity contribution >= 4 is 15.5 Å². The molecular formula is C13H15N3O2S. The molecule has 1 unspecified atom stereocenters. The number of hydrogen-bond acceptors (Lipinski definition) is 4. The van der Waals surface area contributed by atoms with Gasteiger partial charge in [-0.1, -0.05) is 12.1 Å². The number of aromatic amines is 1. The first-order valence-electron chi connectivity index (χ1n) is 6.19. The highest BCUT2D eigenvalue weighted by Gasteiger charge is 2.27. The minimum atomic E-state index is -2.83. The van der Waals surface area contributed by atoms with Gasteiger partial charge in [0.05, 0.1) is 17.2 Å². The fraction of sp³-hybridized carbons (Fsp3) is 0.308. The van der Waals surface area contributed by atoms with Crippen molar-refractivity contribution in [2.75, 3.05) is 16.8 Å². The Balaban J connectivity index is 1.70. The van der Waals surface area contributed by atoms with E-state index in [0.717, 1.165) is 16.9 Å². The summed E-state index contributed by atoms with van der Waals surface area (Å²) in [5.74, 6) is 0.520. The predicted octanol–water partition coefficient (Wildman–Crippen LogP) is 1.68. The van der Waals surface area contributed by atoms with Gasteiger partial charge in [-0.05, 0) is 30.2 Å². The lowest BCUT2D eigenvalue weighted by atomic mass is 10.1. The van der Waals surface area contributed by atoms with Crippen LogP contribution in [0.2, 0.25) is 0 Å². The van der Waals surface area contributed by atoms with Crippen LogP contribution >= 0.6 is 0 Å². The van der Waals surface area contributed by atoms with E-state index in [4.69, 9.17) is 0 Å². The highest BCUT2D eigenvalue weighted by Crippen LogP contribution is 2.21. The van der Waals surface area contributed by atoms with E-state index in [9.17, 15) is 8.42 Å². The lowest BCUT2D eigenvalue weighted by Crippen LogP contribution is -2.20. The van der Waals surface area contributed by atoms with Gasteiger partial charge in [0.15, 0.2) is 9.84 Å². The molecule has 1 aliphatic rings. The summed E-state index contributed by atoms with van der Waals surface area (Å²) in [4.78, 5) is 0. The van der Waals surface area contributed by atoms with Crippen molar-refractivity contribution in [3.63, 3.8) is 0 Å². The highest BCUT2D eigenvalue weighted by atomic mass is 32.2. The third-order valence-electron chi connectivity index (χ3n) is 3.30. The summed E-state index contributed by atoms with van der Waals surface area (Å²) >= 11 is 0. The maximum Gasteiger partial charge on any atom is 0.152 e. The molecule has 19 heavy (non-hydrogen) atoms. The predicted molar refractivity (Wildman–Crippen MR) is 74.7 cm³/mol. The van der Waals surface area contributed by atoms with Crippen LogP contribution in [-0.2, 0) is 9.84 Å². The first-order valence-corrected chi connectivity index (χ1v) is 8.01. The first-order chi connectivity index (χ1) is 9.12. The molecular weight excluding hydrogens is 262 g/mol. The van der Waals surface area contributed by atoms with E-state index in [1.165, 1.54) is 0 Å². The van der Waals surface area contributed by atoms with Gasteiger partial charge in [-0.3, -0.25) is 5.10 Å². The van der Waals surface area contributed by atoms with E-state index in [0.29, 0.717) is 6.42 Å². The third kappa shape index (κ3) is 2.78. The number of H-pyrrole nitrogens is 1. The van der Waals surface area contributed by atoms with Crippen molar-refractivity contribution in [1.82, 2.24) is 10.2 Å². The molecule has 2 aromatic rings. The molecule has 0 bridgehead atoms. The van der Waals surface area contributed by atoms with E-state index >= 15 is 0 Å². The lowest BCUT2D eigenvalue weighted by molar-refractivity contribution is 0.602. The molecule has 1 aliphatic heterocycles. The molecule has 1 saturated heterocycles. The molecule has 3 rings (SSSR count). The Morgan fingerprint density at radius 1 is 1.21 bits per heavy atom. The number of benzene rings is 1. The Kier molecular flexibility index (Phi) is 3.02. The monoisotopic (exact) mass is 277 g/mol. The van der Waals surface area contributed by atoms with Crippen LogP contribution in [0.15, 0.2) is 36.5 Å². The van der Waals surface area contributed by atoms with E-state index in [1.807, 2.05) is 30.3 Å². The molecule has 1 aromatic heterocycles. The number of aromatic nitrogens is 2. The van der Waals surface area contributed by atoms with Crippen molar-refractivity contribution in [1.29, 1.82) is 0 Å². The topological polar surface area (TPSA) is 74.8 Å². The van der Waals surface area contributed by atoms with Gasteiger partial charge in [-0.25, -0.2) is 8.42 Å². The molecule has 6 heteroatoms. The van der Waals surface area contributed by atoms with Gasteiger partial charge in [-0.2, -0.15) is 5.10 Å². The normalized spacial score (nSPS) is 21.4. The van der Waals surface area contributed by atoms with Crippen LogP contribution in [-0.4, -0.2) is 36.2 Å². The van der Waals surface area contributed by atoms with Crippen molar-refractivity contribution < 1.29 is 8.42 Å². The minimum absolute atomic E-state index is 0.0306. The number of nitrogens with zero attached hydrogens (tertiary/aromatic N) is 1. The minimum Gasteiger partial charge on any atom is -0.381 e. The Morgan fingerprint density at radius 2 is 2.00 bits per heavy atom. The quantitative estimate of drug-likeness (QED) is 0.895. The van der Waals surface area contributed by atoms with Gasteiger partial charge in [0.25, 0.3) is 0 Å². The Hall–Kier alpha value is -1.82. The molecule has 0 spiro atoms. The summed E-state index contributed by atoms with van der Waals surface area (Å²) in [7, 11) is -2.83. The van der Waals surface area contributed by atoms with Crippen molar-refractivity contribution in [3.8, 4) is 11.3 Å². The van der Waals surface area contributed by atoms with E-state index in [1.54, 1.807) is 6.20 Å². The van der Waals surface area contributed by atoms with E-state index in [2.05, 4.69) is 15.5 Å². The average molecular weight is 277 g/mol. The van der Waals surface area contributed by atoms with Gasteiger partial charge < -0.3 is 5.32 Å². The van der Waals surface area contributed by atoms with Crippen LogP contribution < -0.4 is 5.32 Å². The summed E-state index contributed by atoms with van der Waals surface area (Å²) in [6.45, 7) is 0. The molecule has 0 radical (unpaired) electrons. The molecule has 2 heterocycles. The summed E-state index contributed by atoms with van der Waals surface area (Å²) in [5.41, 5.74) is 2.97. The smallest absolute Gasteiger partial charge is 0.152 e. The number of nitrogens with one attached hydrogen (secondary N) is 2. The molecule has 1 atom stereocenters. The van der Waals surface area contributed by atoms with Crippen molar-refractivity contribution in [3.05, 3.63) is 36.5 Å². The maximum atomic E-state index is 11.4. The Labute approximate surface area is 112 Å². The summed E-state index contributed by atoms with van der Waals surface area (Å²) < 4.78 is 22.8. The van der Waals surface area contributed by atoms with E-state index < -0.39 is 9.84 Å². The lowest BCUT2D eigenvalue weighted by Gasteiger charge is -2.12. The Morgan fingerprint density at radius 3 is 2.58 bits per heavy atom. The summed E-state index contributed by atoms with van der Waals surface area (Å²) in [6.07, 6.45) is 2.40. The number of anilines is 1. The Bertz CT molecular complexity index is 648. The van der Waals surface area contributed by atoms with Gasteiger partial charge in [0.1, 0.15) is 0 Å². The maximum absolute atomic E-state index is 11.4. The van der Waals surface area contributed by atoms with Crippen molar-refractivity contribution in [2.45, 2.75) is 12.5 Å². The first kappa shape index (κ1) is 12.2. The largest absolute Gasteiger partial charge is 0.381 e. The molecule has 0 aliphatic carbocycles. The van der Waals surface area contributed by atoms with Gasteiger partial charge in [-0.15, -0.1) is 0 Å². The van der Waals surface area contributed by atoms with E-state index in [-0.39, 0.29) is 17.5 Å². The fourth-order valence-corrected chi connectivity index (χ4v) is 3.98. The van der Waals surface area contributed by atoms with Crippen LogP contribution in [0.4, 0.5) is 5.69 Å². The van der Waals surface area contributed by atoms with Gasteiger partial charge >= 0.3 is 0 Å². The van der Waals surface area contributed by atoms with Crippen LogP contribution in [0, 0.1) is 0 Å². The zero-order valence-corrected chi connectivity index (χ0v) is 11.2. The molecule has 2 N–H and O–H groups in total. The summed E-state index contributed by atoms with van der Waals surface area (Å²) in [5, 5.41) is 10.1. The number of rotatable bonds is 3. The fourth-order valence-electron chi connectivity index (χ4n) is 2.31. The van der Waals surface area contributed by atoms with Gasteiger partial charge in [0, 0.05) is 17.9 Å². The zero-order chi connectivity index (χ0) is 13.3. The molecule has 5 nitrogen and oxygen atoms in total. The highest BCUT2D eigenvalue weighted by molar-refractivity contribution is 7.91. The number of hydrogen-bond donors (Lipinski definition) is 2. The molecule has 100 valence electrons. The van der Waals surface area contributed by atoms with Gasteiger partial charge in [0.2, 0.25) is 0 Å². The SMILES string of the molecule is O=S1(=O)CCC(Nc2ccc(-c3ccn[nH]3)cc2)C1. The molecule has 0 saturated carbocycles. The van der Waals surface area contributed by atoms with Crippen LogP contribution in [0.25, 0.3) is 11.3 Å². The molecule has 0 amide bonds. The second-order valence-electron chi connectivity index (χ2n) is 4.79. The second kappa shape index (κ2) is 4.70. The standard InChI is InChI=1S/C13H15N3O2S/c17-19(18)8-6-12(9-19)15-11-3-1-10(2-4-11)13-5-7-14-16-13/h1-5,7,12,15H,6,8-9H2,(H,14,16). The van der Waals surface area contributed by atoms with Crippen LogP contribution in [0.5, 0.6) is 0 Å². The van der Waals surface area contributed by atoms with Crippen LogP contribution in [0.3, 0.4) is 0 Å². The third-order valence-corrected chi connectivity index (χ3v) is 5.07. The zero-order valence-electron chi connectivity index (χ0n) is 10.3.